The molecule has 0 unspecified atom stereocenters. The van der Waals surface area contributed by atoms with Crippen LogP contribution in [0.4, 0.5) is 0 Å². The number of unbranched alkanes of at least 4 members (excludes halogenated alkanes) is 12. The summed E-state index contributed by atoms with van der Waals surface area (Å²) in [6.07, 6.45) is 21.5. The second-order valence-corrected chi connectivity index (χ2v) is 6.36. The van der Waals surface area contributed by atoms with Crippen molar-refractivity contribution in [2.45, 2.75) is 110 Å². The lowest BCUT2D eigenvalue weighted by atomic mass is 10.0. The molecule has 1 nitrogen and oxygen atoms in total. The molecular formula is C20H38O. The first-order chi connectivity index (χ1) is 10.3. The van der Waals surface area contributed by atoms with Crippen molar-refractivity contribution >= 4 is 5.78 Å². The Hall–Kier alpha value is -0.590. The Morgan fingerprint density at radius 3 is 1.62 bits per heavy atom. The number of Topliss-reactive ketones (excluding diaryl/α,β-unsaturated/α-hetero) is 1. The van der Waals surface area contributed by atoms with Crippen LogP contribution in [-0.4, -0.2) is 5.78 Å². The van der Waals surface area contributed by atoms with Crippen LogP contribution in [0.1, 0.15) is 110 Å². The maximum Gasteiger partial charge on any atom is 0.132 e. The molecule has 0 amide bonds. The fourth-order valence-corrected chi connectivity index (χ4v) is 2.72. The van der Waals surface area contributed by atoms with Gasteiger partial charge in [-0.2, -0.15) is 0 Å². The Morgan fingerprint density at radius 2 is 1.14 bits per heavy atom. The molecule has 0 aromatic heterocycles. The molecular weight excluding hydrogens is 256 g/mol. The second-order valence-electron chi connectivity index (χ2n) is 6.36. The molecule has 1 heteroatoms. The highest BCUT2D eigenvalue weighted by atomic mass is 16.1. The van der Waals surface area contributed by atoms with Crippen molar-refractivity contribution in [1.82, 2.24) is 0 Å². The van der Waals surface area contributed by atoms with E-state index in [1.165, 1.54) is 70.6 Å². The molecule has 0 radical (unpaired) electrons. The van der Waals surface area contributed by atoms with Crippen molar-refractivity contribution in [2.24, 2.45) is 0 Å². The third-order valence-corrected chi connectivity index (χ3v) is 4.17. The molecule has 0 fully saturated rings. The molecule has 0 aromatic rings. The van der Waals surface area contributed by atoms with Gasteiger partial charge in [0, 0.05) is 12.8 Å². The van der Waals surface area contributed by atoms with Gasteiger partial charge in [-0.05, 0) is 25.7 Å². The van der Waals surface area contributed by atoms with E-state index in [9.17, 15) is 4.79 Å². The molecule has 21 heavy (non-hydrogen) atoms. The predicted molar refractivity (Wildman–Crippen MR) is 94.8 cm³/mol. The molecule has 0 aromatic carbocycles. The van der Waals surface area contributed by atoms with Crippen LogP contribution >= 0.6 is 0 Å². The molecule has 0 aliphatic heterocycles. The highest BCUT2D eigenvalue weighted by molar-refractivity contribution is 5.78. The quantitative estimate of drug-likeness (QED) is 0.208. The number of hydrogen-bond acceptors (Lipinski definition) is 1. The summed E-state index contributed by atoms with van der Waals surface area (Å²) >= 11 is 0. The molecule has 0 aliphatic carbocycles. The van der Waals surface area contributed by atoms with E-state index in [-0.39, 0.29) is 0 Å². The van der Waals surface area contributed by atoms with E-state index in [2.05, 4.69) is 13.5 Å². The summed E-state index contributed by atoms with van der Waals surface area (Å²) < 4.78 is 0. The number of hydrogen-bond donors (Lipinski definition) is 0. The summed E-state index contributed by atoms with van der Waals surface area (Å²) in [7, 11) is 0. The average Bonchev–Trinajstić information content (AvgIpc) is 2.49. The normalized spacial score (nSPS) is 10.7. The minimum absolute atomic E-state index is 0.497. The molecule has 0 atom stereocenters. The minimum Gasteiger partial charge on any atom is -0.300 e. The van der Waals surface area contributed by atoms with E-state index in [1.54, 1.807) is 0 Å². The average molecular weight is 295 g/mol. The van der Waals surface area contributed by atoms with Gasteiger partial charge in [0.15, 0.2) is 0 Å². The van der Waals surface area contributed by atoms with Gasteiger partial charge < -0.3 is 0 Å². The van der Waals surface area contributed by atoms with E-state index in [1.807, 2.05) is 6.08 Å². The first-order valence-corrected chi connectivity index (χ1v) is 9.43. The fraction of sp³-hybridized carbons (Fsp3) is 0.850. The smallest absolute Gasteiger partial charge is 0.132 e. The van der Waals surface area contributed by atoms with E-state index in [4.69, 9.17) is 0 Å². The van der Waals surface area contributed by atoms with Gasteiger partial charge >= 0.3 is 0 Å². The molecule has 0 bridgehead atoms. The Balaban J connectivity index is 3.14. The molecule has 0 aliphatic rings. The second kappa shape index (κ2) is 17.5. The predicted octanol–water partition coefficient (Wildman–Crippen LogP) is 7.00. The van der Waals surface area contributed by atoms with E-state index < -0.39 is 0 Å². The zero-order chi connectivity index (χ0) is 15.6. The van der Waals surface area contributed by atoms with Crippen LogP contribution in [0, 0.1) is 0 Å². The van der Waals surface area contributed by atoms with Gasteiger partial charge in [0.05, 0.1) is 0 Å². The third-order valence-electron chi connectivity index (χ3n) is 4.17. The van der Waals surface area contributed by atoms with E-state index in [0.717, 1.165) is 32.1 Å². The van der Waals surface area contributed by atoms with Gasteiger partial charge in [0.1, 0.15) is 5.78 Å². The van der Waals surface area contributed by atoms with Gasteiger partial charge in [-0.3, -0.25) is 4.79 Å². The number of rotatable bonds is 17. The van der Waals surface area contributed by atoms with Crippen LogP contribution < -0.4 is 0 Å². The maximum atomic E-state index is 11.7. The first-order valence-electron chi connectivity index (χ1n) is 9.43. The van der Waals surface area contributed by atoms with Crippen molar-refractivity contribution in [3.05, 3.63) is 12.7 Å². The highest BCUT2D eigenvalue weighted by Gasteiger charge is 2.01. The first kappa shape index (κ1) is 20.4. The minimum atomic E-state index is 0.497. The van der Waals surface area contributed by atoms with Crippen LogP contribution in [0.3, 0.4) is 0 Å². The van der Waals surface area contributed by atoms with Crippen molar-refractivity contribution < 1.29 is 4.79 Å². The van der Waals surface area contributed by atoms with Crippen LogP contribution in [0.5, 0.6) is 0 Å². The van der Waals surface area contributed by atoms with Crippen molar-refractivity contribution in [3.8, 4) is 0 Å². The summed E-state index contributed by atoms with van der Waals surface area (Å²) in [6, 6.07) is 0. The summed E-state index contributed by atoms with van der Waals surface area (Å²) in [4.78, 5) is 11.7. The Labute approximate surface area is 133 Å². The monoisotopic (exact) mass is 294 g/mol. The molecule has 124 valence electrons. The molecule has 0 heterocycles. The zero-order valence-corrected chi connectivity index (χ0v) is 14.5. The lowest BCUT2D eigenvalue weighted by Crippen LogP contribution is -1.97. The fourth-order valence-electron chi connectivity index (χ4n) is 2.72. The molecule has 0 spiro atoms. The van der Waals surface area contributed by atoms with Gasteiger partial charge in [-0.25, -0.2) is 0 Å². The van der Waals surface area contributed by atoms with E-state index >= 15 is 0 Å². The van der Waals surface area contributed by atoms with Crippen molar-refractivity contribution in [1.29, 1.82) is 0 Å². The van der Waals surface area contributed by atoms with Crippen LogP contribution in [0.2, 0.25) is 0 Å². The lowest BCUT2D eigenvalue weighted by Gasteiger charge is -2.03. The molecule has 0 N–H and O–H groups in total. The summed E-state index contributed by atoms with van der Waals surface area (Å²) in [5, 5.41) is 0. The zero-order valence-electron chi connectivity index (χ0n) is 14.5. The largest absolute Gasteiger partial charge is 0.300 e. The summed E-state index contributed by atoms with van der Waals surface area (Å²) in [5.74, 6) is 0.497. The molecule has 0 rings (SSSR count). The van der Waals surface area contributed by atoms with E-state index in [0.29, 0.717) is 5.78 Å². The lowest BCUT2D eigenvalue weighted by molar-refractivity contribution is -0.119. The number of ketones is 1. The number of carbonyl (C=O) groups excluding carboxylic acids is 1. The highest BCUT2D eigenvalue weighted by Crippen LogP contribution is 2.12. The molecule has 0 saturated heterocycles. The third kappa shape index (κ3) is 17.4. The number of allylic oxidation sites excluding steroid dienone is 1. The SMILES string of the molecule is C=CCCCCCCCCCC(=O)CCCCCCCC. The van der Waals surface area contributed by atoms with Gasteiger partial charge in [-0.15, -0.1) is 6.58 Å². The van der Waals surface area contributed by atoms with Crippen LogP contribution in [-0.2, 0) is 4.79 Å². The standard InChI is InChI=1S/C20H38O/c1-3-5-7-9-11-12-13-15-17-19-20(21)18-16-14-10-8-6-4-2/h3H,1,4-19H2,2H3. The van der Waals surface area contributed by atoms with Gasteiger partial charge in [0.2, 0.25) is 0 Å². The van der Waals surface area contributed by atoms with Crippen molar-refractivity contribution in [3.63, 3.8) is 0 Å². The topological polar surface area (TPSA) is 17.1 Å². The van der Waals surface area contributed by atoms with Gasteiger partial charge in [-0.1, -0.05) is 77.2 Å². The Kier molecular flexibility index (Phi) is 17.0. The summed E-state index contributed by atoms with van der Waals surface area (Å²) in [6.45, 7) is 5.98. The van der Waals surface area contributed by atoms with Gasteiger partial charge in [0.25, 0.3) is 0 Å². The maximum absolute atomic E-state index is 11.7. The van der Waals surface area contributed by atoms with Crippen molar-refractivity contribution in [2.75, 3.05) is 0 Å². The Bertz CT molecular complexity index is 232. The molecule has 0 saturated carbocycles. The van der Waals surface area contributed by atoms with Crippen LogP contribution in [0.15, 0.2) is 12.7 Å². The van der Waals surface area contributed by atoms with Crippen LogP contribution in [0.25, 0.3) is 0 Å². The Morgan fingerprint density at radius 1 is 0.714 bits per heavy atom. The summed E-state index contributed by atoms with van der Waals surface area (Å²) in [5.41, 5.74) is 0. The number of carbonyl (C=O) groups is 1.